The monoisotopic (exact) mass is 415 g/mol. The number of ether oxygens (including phenoxy) is 1. The Balaban J connectivity index is 1.72. The lowest BCUT2D eigenvalue weighted by Crippen LogP contribution is -2.22. The summed E-state index contributed by atoms with van der Waals surface area (Å²) in [5.74, 6) is -0.563. The van der Waals surface area contributed by atoms with Gasteiger partial charge in [-0.3, -0.25) is 4.79 Å². The van der Waals surface area contributed by atoms with Crippen LogP contribution in [0.25, 0.3) is 16.8 Å². The highest BCUT2D eigenvalue weighted by atomic mass is 35.5. The molecule has 0 saturated carbocycles. The summed E-state index contributed by atoms with van der Waals surface area (Å²) in [5.41, 5.74) is 1.32. The summed E-state index contributed by atoms with van der Waals surface area (Å²) < 4.78 is 35.5. The fourth-order valence-electron chi connectivity index (χ4n) is 3.07. The molecule has 29 heavy (non-hydrogen) atoms. The smallest absolute Gasteiger partial charge is 0.276 e. The van der Waals surface area contributed by atoms with Gasteiger partial charge in [0.05, 0.1) is 23.9 Å². The Bertz CT molecular complexity index is 1270. The van der Waals surface area contributed by atoms with E-state index in [4.69, 9.17) is 16.3 Å². The van der Waals surface area contributed by atoms with Crippen molar-refractivity contribution in [2.75, 3.05) is 6.61 Å². The molecule has 0 amide bonds. The molecule has 2 heterocycles. The van der Waals surface area contributed by atoms with Gasteiger partial charge in [-0.15, -0.1) is 0 Å². The van der Waals surface area contributed by atoms with Crippen molar-refractivity contribution in [3.05, 3.63) is 87.4 Å². The zero-order chi connectivity index (χ0) is 20.5. The molecule has 0 fully saturated rings. The lowest BCUT2D eigenvalue weighted by Gasteiger charge is -2.07. The maximum absolute atomic E-state index is 13.9. The minimum Gasteiger partial charge on any atom is -0.492 e. The molecule has 0 atom stereocenters. The number of aromatic nitrogens is 3. The van der Waals surface area contributed by atoms with E-state index in [9.17, 15) is 13.6 Å². The summed E-state index contributed by atoms with van der Waals surface area (Å²) in [5, 5.41) is 4.85. The summed E-state index contributed by atoms with van der Waals surface area (Å²) in [7, 11) is 0. The number of hydrogen-bond acceptors (Lipinski definition) is 3. The molecule has 2 aromatic heterocycles. The first-order valence-electron chi connectivity index (χ1n) is 8.91. The normalized spacial score (nSPS) is 11.2. The summed E-state index contributed by atoms with van der Waals surface area (Å²) >= 11 is 6.24. The van der Waals surface area contributed by atoms with Crippen LogP contribution in [0.15, 0.2) is 59.7 Å². The molecule has 148 valence electrons. The zero-order valence-electron chi connectivity index (χ0n) is 15.4. The van der Waals surface area contributed by atoms with Gasteiger partial charge in [-0.1, -0.05) is 11.6 Å². The summed E-state index contributed by atoms with van der Waals surface area (Å²) in [4.78, 5) is 12.8. The van der Waals surface area contributed by atoms with E-state index in [1.165, 1.54) is 15.3 Å². The van der Waals surface area contributed by atoms with Crippen molar-refractivity contribution in [1.82, 2.24) is 14.2 Å². The van der Waals surface area contributed by atoms with E-state index in [1.807, 2.05) is 6.92 Å². The number of hydrogen-bond donors (Lipinski definition) is 0. The molecular weight excluding hydrogens is 400 g/mol. The van der Waals surface area contributed by atoms with Crippen LogP contribution in [0, 0.1) is 11.6 Å². The third-order valence-electron chi connectivity index (χ3n) is 4.48. The van der Waals surface area contributed by atoms with Gasteiger partial charge >= 0.3 is 0 Å². The molecule has 0 radical (unpaired) electrons. The average Bonchev–Trinajstić information content (AvgIpc) is 3.14. The second kappa shape index (κ2) is 7.67. The first-order chi connectivity index (χ1) is 14.0. The number of nitrogens with zero attached hydrogens (tertiary/aromatic N) is 3. The summed E-state index contributed by atoms with van der Waals surface area (Å²) in [6, 6.07) is 10.1. The first kappa shape index (κ1) is 19.1. The van der Waals surface area contributed by atoms with Gasteiger partial charge in [-0.2, -0.15) is 5.10 Å². The largest absolute Gasteiger partial charge is 0.492 e. The molecule has 4 aromatic rings. The van der Waals surface area contributed by atoms with Gasteiger partial charge in [0.1, 0.15) is 22.9 Å². The Morgan fingerprint density at radius 1 is 1.10 bits per heavy atom. The van der Waals surface area contributed by atoms with Crippen LogP contribution in [0.3, 0.4) is 0 Å². The molecule has 0 bridgehead atoms. The van der Waals surface area contributed by atoms with Crippen molar-refractivity contribution in [1.29, 1.82) is 0 Å². The molecule has 2 aromatic carbocycles. The van der Waals surface area contributed by atoms with Crippen molar-refractivity contribution < 1.29 is 13.5 Å². The van der Waals surface area contributed by atoms with Crippen LogP contribution in [0.2, 0.25) is 5.02 Å². The van der Waals surface area contributed by atoms with Crippen LogP contribution in [-0.4, -0.2) is 20.8 Å². The summed E-state index contributed by atoms with van der Waals surface area (Å²) in [6.45, 7) is 2.28. The second-order valence-electron chi connectivity index (χ2n) is 6.40. The number of rotatable bonds is 5. The minimum atomic E-state index is -0.573. The number of fused-ring (bicyclic) bond motifs is 1. The van der Waals surface area contributed by atoms with E-state index < -0.39 is 11.6 Å². The second-order valence-corrected chi connectivity index (χ2v) is 6.81. The van der Waals surface area contributed by atoms with Crippen LogP contribution >= 0.6 is 11.6 Å². The molecular formula is C21H16ClF2N3O2. The Morgan fingerprint density at radius 2 is 1.93 bits per heavy atom. The van der Waals surface area contributed by atoms with Gasteiger partial charge in [-0.25, -0.2) is 13.3 Å². The standard InChI is InChI=1S/C21H16ClF2N3O2/c1-2-29-20-6-3-13(10-16(20)22)18-11-19-21(28)26(7-8-27(19)25-18)12-14-9-15(23)4-5-17(14)24/h3-11H,2,12H2,1H3. The molecule has 8 heteroatoms. The Hall–Kier alpha value is -3.19. The van der Waals surface area contributed by atoms with E-state index >= 15 is 0 Å². The minimum absolute atomic E-state index is 0.0890. The van der Waals surface area contributed by atoms with E-state index in [0.717, 1.165) is 23.8 Å². The van der Waals surface area contributed by atoms with E-state index in [0.29, 0.717) is 28.6 Å². The molecule has 5 nitrogen and oxygen atoms in total. The predicted molar refractivity (Wildman–Crippen MR) is 107 cm³/mol. The maximum atomic E-state index is 13.9. The van der Waals surface area contributed by atoms with Crippen LogP contribution in [0.1, 0.15) is 12.5 Å². The van der Waals surface area contributed by atoms with E-state index in [1.54, 1.807) is 30.5 Å². The molecule has 0 N–H and O–H groups in total. The van der Waals surface area contributed by atoms with Crippen molar-refractivity contribution in [2.24, 2.45) is 0 Å². The molecule has 0 spiro atoms. The van der Waals surface area contributed by atoms with Gasteiger partial charge in [0.15, 0.2) is 0 Å². The number of benzene rings is 2. The molecule has 0 saturated heterocycles. The van der Waals surface area contributed by atoms with Crippen molar-refractivity contribution in [3.8, 4) is 17.0 Å². The quantitative estimate of drug-likeness (QED) is 0.480. The predicted octanol–water partition coefficient (Wildman–Crippen LogP) is 4.54. The highest BCUT2D eigenvalue weighted by Gasteiger charge is 2.13. The van der Waals surface area contributed by atoms with Crippen LogP contribution in [0.4, 0.5) is 8.78 Å². The zero-order valence-corrected chi connectivity index (χ0v) is 16.2. The fourth-order valence-corrected chi connectivity index (χ4v) is 3.31. The van der Waals surface area contributed by atoms with E-state index in [2.05, 4.69) is 5.10 Å². The van der Waals surface area contributed by atoms with Gasteiger partial charge in [-0.05, 0) is 49.4 Å². The first-order valence-corrected chi connectivity index (χ1v) is 9.29. The molecule has 0 aliphatic rings. The van der Waals surface area contributed by atoms with Gasteiger partial charge in [0.2, 0.25) is 0 Å². The van der Waals surface area contributed by atoms with E-state index in [-0.39, 0.29) is 17.7 Å². The van der Waals surface area contributed by atoms with Crippen molar-refractivity contribution >= 4 is 17.1 Å². The maximum Gasteiger partial charge on any atom is 0.276 e. The topological polar surface area (TPSA) is 48.5 Å². The molecule has 0 aliphatic carbocycles. The van der Waals surface area contributed by atoms with Crippen LogP contribution in [0.5, 0.6) is 5.75 Å². The molecule has 4 rings (SSSR count). The lowest BCUT2D eigenvalue weighted by molar-refractivity contribution is 0.340. The Morgan fingerprint density at radius 3 is 2.69 bits per heavy atom. The lowest BCUT2D eigenvalue weighted by atomic mass is 10.1. The average molecular weight is 416 g/mol. The Kier molecular flexibility index (Phi) is 5.07. The van der Waals surface area contributed by atoms with Crippen molar-refractivity contribution in [2.45, 2.75) is 13.5 Å². The molecule has 0 aliphatic heterocycles. The highest BCUT2D eigenvalue weighted by molar-refractivity contribution is 6.32. The van der Waals surface area contributed by atoms with Crippen LogP contribution in [-0.2, 0) is 6.54 Å². The number of halogens is 3. The van der Waals surface area contributed by atoms with Gasteiger partial charge in [0, 0.05) is 23.5 Å². The Labute approximate surface area is 169 Å². The highest BCUT2D eigenvalue weighted by Crippen LogP contribution is 2.30. The van der Waals surface area contributed by atoms with Crippen LogP contribution < -0.4 is 10.3 Å². The van der Waals surface area contributed by atoms with Gasteiger partial charge in [0.25, 0.3) is 5.56 Å². The van der Waals surface area contributed by atoms with Gasteiger partial charge < -0.3 is 9.30 Å². The summed E-state index contributed by atoms with van der Waals surface area (Å²) in [6.07, 6.45) is 3.08. The SMILES string of the molecule is CCOc1ccc(-c2cc3c(=O)n(Cc4cc(F)ccc4F)ccn3n2)cc1Cl. The van der Waals surface area contributed by atoms with Crippen molar-refractivity contribution in [3.63, 3.8) is 0 Å². The third kappa shape index (κ3) is 3.73. The molecule has 0 unspecified atom stereocenters. The third-order valence-corrected chi connectivity index (χ3v) is 4.77. The fraction of sp³-hybridized carbons (Fsp3) is 0.143.